The van der Waals surface area contributed by atoms with E-state index in [4.69, 9.17) is 0 Å². The Morgan fingerprint density at radius 3 is 2.54 bits per heavy atom. The van der Waals surface area contributed by atoms with Crippen LogP contribution in [0.15, 0.2) is 0 Å². The Kier molecular flexibility index (Phi) is 4.16. The van der Waals surface area contributed by atoms with E-state index in [1.165, 1.54) is 0 Å². The van der Waals surface area contributed by atoms with E-state index in [1.807, 2.05) is 0 Å². The first kappa shape index (κ1) is 11.0. The molecule has 0 amide bonds. The summed E-state index contributed by atoms with van der Waals surface area (Å²) in [6.07, 6.45) is 0. The first-order valence-corrected chi connectivity index (χ1v) is 5.28. The Balaban J connectivity index is 2.50. The fraction of sp³-hybridized carbons (Fsp3) is 1.00. The molecule has 1 aliphatic rings. The van der Waals surface area contributed by atoms with E-state index in [-0.39, 0.29) is 6.61 Å². The zero-order chi connectivity index (χ0) is 9.84. The summed E-state index contributed by atoms with van der Waals surface area (Å²) in [5, 5.41) is 9.26. The second-order valence-corrected chi connectivity index (χ2v) is 4.06. The van der Waals surface area contributed by atoms with Crippen LogP contribution >= 0.6 is 0 Å². The molecule has 0 radical (unpaired) electrons. The van der Waals surface area contributed by atoms with Crippen molar-refractivity contribution in [3.8, 4) is 0 Å². The van der Waals surface area contributed by atoms with Gasteiger partial charge in [0.25, 0.3) is 0 Å². The van der Waals surface area contributed by atoms with E-state index in [9.17, 15) is 5.11 Å². The standard InChI is InChI=1S/C10H22N2O/c1-4-11-5-6-12(9(2)3)10(7-11)8-13/h9-10,13H,4-8H2,1-3H3. The number of rotatable bonds is 3. The maximum atomic E-state index is 9.26. The van der Waals surface area contributed by atoms with Crippen LogP contribution in [0.1, 0.15) is 20.8 Å². The molecular formula is C10H22N2O. The number of aliphatic hydroxyl groups is 1. The molecule has 1 N–H and O–H groups in total. The number of aliphatic hydroxyl groups excluding tert-OH is 1. The summed E-state index contributed by atoms with van der Waals surface area (Å²) >= 11 is 0. The largest absolute Gasteiger partial charge is 0.395 e. The Hall–Kier alpha value is -0.120. The molecule has 78 valence electrons. The summed E-state index contributed by atoms with van der Waals surface area (Å²) in [4.78, 5) is 4.80. The lowest BCUT2D eigenvalue weighted by molar-refractivity contribution is 0.0229. The molecule has 3 nitrogen and oxygen atoms in total. The van der Waals surface area contributed by atoms with Crippen LogP contribution in [0.4, 0.5) is 0 Å². The lowest BCUT2D eigenvalue weighted by Gasteiger charge is -2.42. The molecule has 13 heavy (non-hydrogen) atoms. The molecule has 0 aromatic heterocycles. The van der Waals surface area contributed by atoms with Gasteiger partial charge in [-0.1, -0.05) is 6.92 Å². The normalized spacial score (nSPS) is 27.0. The monoisotopic (exact) mass is 186 g/mol. The van der Waals surface area contributed by atoms with Crippen LogP contribution in [0.3, 0.4) is 0 Å². The average molecular weight is 186 g/mol. The third-order valence-electron chi connectivity index (χ3n) is 2.93. The van der Waals surface area contributed by atoms with Gasteiger partial charge in [0.05, 0.1) is 6.61 Å². The van der Waals surface area contributed by atoms with E-state index < -0.39 is 0 Å². The van der Waals surface area contributed by atoms with Gasteiger partial charge < -0.3 is 10.0 Å². The highest BCUT2D eigenvalue weighted by Gasteiger charge is 2.26. The van der Waals surface area contributed by atoms with E-state index in [1.54, 1.807) is 0 Å². The summed E-state index contributed by atoms with van der Waals surface area (Å²) in [6, 6.07) is 0.893. The first-order chi connectivity index (χ1) is 6.19. The minimum Gasteiger partial charge on any atom is -0.395 e. The quantitative estimate of drug-likeness (QED) is 0.691. The molecule has 1 atom stereocenters. The second kappa shape index (κ2) is 4.94. The number of hydrogen-bond acceptors (Lipinski definition) is 3. The second-order valence-electron chi connectivity index (χ2n) is 4.06. The van der Waals surface area contributed by atoms with Gasteiger partial charge in [0, 0.05) is 31.7 Å². The van der Waals surface area contributed by atoms with E-state index in [0.29, 0.717) is 12.1 Å². The lowest BCUT2D eigenvalue weighted by Crippen LogP contribution is -2.56. The van der Waals surface area contributed by atoms with Crippen LogP contribution < -0.4 is 0 Å². The van der Waals surface area contributed by atoms with Crippen molar-refractivity contribution < 1.29 is 5.11 Å². The minimum atomic E-state index is 0.286. The van der Waals surface area contributed by atoms with Crippen LogP contribution in [0.25, 0.3) is 0 Å². The van der Waals surface area contributed by atoms with Gasteiger partial charge in [0.2, 0.25) is 0 Å². The zero-order valence-electron chi connectivity index (χ0n) is 9.03. The van der Waals surface area contributed by atoms with Crippen molar-refractivity contribution in [2.45, 2.75) is 32.9 Å². The van der Waals surface area contributed by atoms with Crippen molar-refractivity contribution >= 4 is 0 Å². The highest BCUT2D eigenvalue weighted by atomic mass is 16.3. The maximum Gasteiger partial charge on any atom is 0.0599 e. The molecule has 0 aliphatic carbocycles. The fourth-order valence-electron chi connectivity index (χ4n) is 2.06. The summed E-state index contributed by atoms with van der Waals surface area (Å²) < 4.78 is 0. The molecule has 0 aromatic rings. The van der Waals surface area contributed by atoms with Crippen LogP contribution in [-0.4, -0.2) is 59.8 Å². The lowest BCUT2D eigenvalue weighted by atomic mass is 10.1. The summed E-state index contributed by atoms with van der Waals surface area (Å²) in [6.45, 7) is 11.2. The Bertz CT molecular complexity index is 150. The van der Waals surface area contributed by atoms with Crippen LogP contribution in [-0.2, 0) is 0 Å². The summed E-state index contributed by atoms with van der Waals surface area (Å²) in [7, 11) is 0. The van der Waals surface area contributed by atoms with E-state index in [0.717, 1.165) is 26.2 Å². The molecule has 1 saturated heterocycles. The summed E-state index contributed by atoms with van der Waals surface area (Å²) in [5.41, 5.74) is 0. The fourth-order valence-corrected chi connectivity index (χ4v) is 2.06. The van der Waals surface area contributed by atoms with Crippen LogP contribution in [0.5, 0.6) is 0 Å². The summed E-state index contributed by atoms with van der Waals surface area (Å²) in [5.74, 6) is 0. The van der Waals surface area contributed by atoms with Crippen LogP contribution in [0.2, 0.25) is 0 Å². The number of piperazine rings is 1. The third-order valence-corrected chi connectivity index (χ3v) is 2.93. The molecule has 1 fully saturated rings. The molecule has 1 rings (SSSR count). The SMILES string of the molecule is CCN1CCN(C(C)C)C(CO)C1. The Labute approximate surface area is 81.3 Å². The predicted octanol–water partition coefficient (Wildman–Crippen LogP) is 0.393. The Morgan fingerprint density at radius 2 is 2.08 bits per heavy atom. The van der Waals surface area contributed by atoms with Gasteiger partial charge in [0.15, 0.2) is 0 Å². The van der Waals surface area contributed by atoms with Crippen molar-refractivity contribution in [1.29, 1.82) is 0 Å². The molecular weight excluding hydrogens is 164 g/mol. The van der Waals surface area contributed by atoms with Crippen LogP contribution in [0, 0.1) is 0 Å². The van der Waals surface area contributed by atoms with Crippen molar-refractivity contribution in [3.05, 3.63) is 0 Å². The highest BCUT2D eigenvalue weighted by Crippen LogP contribution is 2.12. The van der Waals surface area contributed by atoms with E-state index in [2.05, 4.69) is 30.6 Å². The number of nitrogens with zero attached hydrogens (tertiary/aromatic N) is 2. The molecule has 0 spiro atoms. The average Bonchev–Trinajstić information content (AvgIpc) is 2.16. The molecule has 1 aliphatic heterocycles. The van der Waals surface area contributed by atoms with Crippen molar-refractivity contribution in [2.24, 2.45) is 0 Å². The molecule has 0 bridgehead atoms. The van der Waals surface area contributed by atoms with Crippen molar-refractivity contribution in [3.63, 3.8) is 0 Å². The Morgan fingerprint density at radius 1 is 1.38 bits per heavy atom. The van der Waals surface area contributed by atoms with Gasteiger partial charge in [0.1, 0.15) is 0 Å². The van der Waals surface area contributed by atoms with Gasteiger partial charge in [-0.05, 0) is 20.4 Å². The number of hydrogen-bond donors (Lipinski definition) is 1. The van der Waals surface area contributed by atoms with Gasteiger partial charge >= 0.3 is 0 Å². The maximum absolute atomic E-state index is 9.26. The molecule has 1 heterocycles. The topological polar surface area (TPSA) is 26.7 Å². The predicted molar refractivity (Wildman–Crippen MR) is 54.8 cm³/mol. The van der Waals surface area contributed by atoms with E-state index >= 15 is 0 Å². The highest BCUT2D eigenvalue weighted by molar-refractivity contribution is 4.82. The zero-order valence-corrected chi connectivity index (χ0v) is 9.03. The van der Waals surface area contributed by atoms with Gasteiger partial charge in [-0.15, -0.1) is 0 Å². The minimum absolute atomic E-state index is 0.286. The van der Waals surface area contributed by atoms with Gasteiger partial charge in [-0.25, -0.2) is 0 Å². The molecule has 0 saturated carbocycles. The van der Waals surface area contributed by atoms with Crippen molar-refractivity contribution in [1.82, 2.24) is 9.80 Å². The smallest absolute Gasteiger partial charge is 0.0599 e. The first-order valence-electron chi connectivity index (χ1n) is 5.28. The molecule has 3 heteroatoms. The third kappa shape index (κ3) is 2.66. The van der Waals surface area contributed by atoms with Crippen molar-refractivity contribution in [2.75, 3.05) is 32.8 Å². The molecule has 1 unspecified atom stereocenters. The van der Waals surface area contributed by atoms with Gasteiger partial charge in [-0.2, -0.15) is 0 Å². The molecule has 0 aromatic carbocycles. The van der Waals surface area contributed by atoms with Gasteiger partial charge in [-0.3, -0.25) is 4.90 Å². The number of likely N-dealkylation sites (N-methyl/N-ethyl adjacent to an activating group) is 1.